The van der Waals surface area contributed by atoms with Gasteiger partial charge in [0, 0.05) is 17.0 Å². The van der Waals surface area contributed by atoms with Crippen LogP contribution in [0.3, 0.4) is 0 Å². The van der Waals surface area contributed by atoms with Gasteiger partial charge in [-0.3, -0.25) is 4.90 Å². The lowest BCUT2D eigenvalue weighted by atomic mass is 9.97. The number of nitrogen functional groups attached to an aromatic ring is 1. The molecule has 0 bridgehead atoms. The average molecular weight is 346 g/mol. The molecule has 24 heavy (non-hydrogen) atoms. The van der Waals surface area contributed by atoms with Gasteiger partial charge >= 0.3 is 5.97 Å². The molecule has 0 saturated heterocycles. The molecule has 0 aliphatic heterocycles. The van der Waals surface area contributed by atoms with Gasteiger partial charge in [0.2, 0.25) is 0 Å². The normalized spacial score (nSPS) is 11.1. The van der Waals surface area contributed by atoms with Crippen molar-refractivity contribution in [2.75, 3.05) is 25.9 Å². The first-order valence-corrected chi connectivity index (χ1v) is 9.03. The Kier molecular flexibility index (Phi) is 6.02. The van der Waals surface area contributed by atoms with Crippen LogP contribution in [0.25, 0.3) is 11.1 Å². The number of rotatable bonds is 6. The van der Waals surface area contributed by atoms with Crippen LogP contribution in [-0.4, -0.2) is 31.1 Å². The Labute approximate surface area is 148 Å². The molecule has 0 amide bonds. The highest BCUT2D eigenvalue weighted by molar-refractivity contribution is 7.17. The Bertz CT molecular complexity index is 733. The first-order valence-electron chi connectivity index (χ1n) is 8.22. The van der Waals surface area contributed by atoms with Gasteiger partial charge in [-0.05, 0) is 43.6 Å². The smallest absolute Gasteiger partial charge is 0.341 e. The zero-order chi connectivity index (χ0) is 17.9. The summed E-state index contributed by atoms with van der Waals surface area (Å²) in [6.45, 7) is 11.1. The van der Waals surface area contributed by atoms with Gasteiger partial charge in [-0.2, -0.15) is 0 Å². The molecule has 0 fully saturated rings. The number of carbonyl (C=O) groups is 1. The highest BCUT2D eigenvalue weighted by Gasteiger charge is 2.25. The Morgan fingerprint density at radius 2 is 1.88 bits per heavy atom. The molecule has 1 aromatic carbocycles. The van der Waals surface area contributed by atoms with E-state index in [2.05, 4.69) is 50.8 Å². The topological polar surface area (TPSA) is 55.6 Å². The summed E-state index contributed by atoms with van der Waals surface area (Å²) in [6, 6.07) is 6.26. The largest absolute Gasteiger partial charge is 0.465 e. The van der Waals surface area contributed by atoms with Gasteiger partial charge in [-0.1, -0.05) is 32.0 Å². The van der Waals surface area contributed by atoms with Crippen molar-refractivity contribution in [1.29, 1.82) is 0 Å². The lowest BCUT2D eigenvalue weighted by molar-refractivity contribution is 0.0603. The van der Waals surface area contributed by atoms with Crippen molar-refractivity contribution < 1.29 is 9.53 Å². The summed E-state index contributed by atoms with van der Waals surface area (Å²) in [6.07, 6.45) is 0. The van der Waals surface area contributed by atoms with Crippen LogP contribution in [0.5, 0.6) is 0 Å². The van der Waals surface area contributed by atoms with Crippen LogP contribution >= 0.6 is 11.3 Å². The van der Waals surface area contributed by atoms with E-state index in [1.54, 1.807) is 0 Å². The van der Waals surface area contributed by atoms with E-state index in [4.69, 9.17) is 10.5 Å². The molecule has 0 aliphatic rings. The second-order valence-electron chi connectivity index (χ2n) is 5.89. The number of methoxy groups -OCH3 is 1. The Balaban J connectivity index is 2.63. The first kappa shape index (κ1) is 18.5. The summed E-state index contributed by atoms with van der Waals surface area (Å²) < 4.78 is 4.98. The summed E-state index contributed by atoms with van der Waals surface area (Å²) in [7, 11) is 1.40. The summed E-state index contributed by atoms with van der Waals surface area (Å²) in [5.74, 6) is -0.372. The lowest BCUT2D eigenvalue weighted by Crippen LogP contribution is -2.22. The number of ether oxygens (including phenoxy) is 1. The number of hydrogen-bond acceptors (Lipinski definition) is 5. The zero-order valence-corrected chi connectivity index (χ0v) is 15.9. The van der Waals surface area contributed by atoms with Crippen LogP contribution in [0, 0.1) is 13.8 Å². The van der Waals surface area contributed by atoms with Crippen LogP contribution in [-0.2, 0) is 11.3 Å². The number of hydrogen-bond donors (Lipinski definition) is 1. The molecule has 0 aliphatic carbocycles. The standard InChI is InChI=1S/C19H26N2O2S/c1-6-21(7-2)11-15-16(14-9-8-12(3)13(4)10-14)17(18(20)24-15)19(22)23-5/h8-10H,6-7,11,20H2,1-5H3. The van der Waals surface area contributed by atoms with Crippen LogP contribution in [0.15, 0.2) is 18.2 Å². The average Bonchev–Trinajstić information content (AvgIpc) is 2.90. The van der Waals surface area contributed by atoms with E-state index in [9.17, 15) is 4.79 Å². The molecule has 4 nitrogen and oxygen atoms in total. The Morgan fingerprint density at radius 1 is 1.21 bits per heavy atom. The second kappa shape index (κ2) is 7.81. The van der Waals surface area contributed by atoms with E-state index in [1.807, 2.05) is 0 Å². The molecule has 0 unspecified atom stereocenters. The number of benzene rings is 1. The third-order valence-electron chi connectivity index (χ3n) is 4.46. The molecule has 0 radical (unpaired) electrons. The van der Waals surface area contributed by atoms with E-state index in [-0.39, 0.29) is 5.97 Å². The summed E-state index contributed by atoms with van der Waals surface area (Å²) in [5, 5.41) is 0.525. The molecule has 0 atom stereocenters. The van der Waals surface area contributed by atoms with Crippen molar-refractivity contribution in [3.05, 3.63) is 39.8 Å². The maximum absolute atomic E-state index is 12.3. The van der Waals surface area contributed by atoms with E-state index in [1.165, 1.54) is 29.6 Å². The molecule has 2 N–H and O–H groups in total. The highest BCUT2D eigenvalue weighted by atomic mass is 32.1. The molecular formula is C19H26N2O2S. The van der Waals surface area contributed by atoms with Gasteiger partial charge in [0.1, 0.15) is 10.6 Å². The molecule has 1 heterocycles. The predicted octanol–water partition coefficient (Wildman–Crippen LogP) is 4.24. The fourth-order valence-corrected chi connectivity index (χ4v) is 3.89. The number of thiophene rings is 1. The minimum atomic E-state index is -0.372. The molecule has 0 spiro atoms. The van der Waals surface area contributed by atoms with Crippen molar-refractivity contribution in [3.8, 4) is 11.1 Å². The highest BCUT2D eigenvalue weighted by Crippen LogP contribution is 2.40. The Hall–Kier alpha value is -1.85. The SMILES string of the molecule is CCN(CC)Cc1sc(N)c(C(=O)OC)c1-c1ccc(C)c(C)c1. The third-order valence-corrected chi connectivity index (χ3v) is 5.46. The van der Waals surface area contributed by atoms with E-state index in [0.29, 0.717) is 10.6 Å². The van der Waals surface area contributed by atoms with E-state index < -0.39 is 0 Å². The number of carbonyl (C=O) groups excluding carboxylic acids is 1. The monoisotopic (exact) mass is 346 g/mol. The molecule has 1 aromatic heterocycles. The molecular weight excluding hydrogens is 320 g/mol. The molecule has 130 valence electrons. The van der Waals surface area contributed by atoms with Crippen molar-refractivity contribution >= 4 is 22.3 Å². The van der Waals surface area contributed by atoms with Crippen LogP contribution in [0.2, 0.25) is 0 Å². The lowest BCUT2D eigenvalue weighted by Gasteiger charge is -2.18. The third kappa shape index (κ3) is 3.62. The summed E-state index contributed by atoms with van der Waals surface area (Å²) >= 11 is 1.48. The summed E-state index contributed by atoms with van der Waals surface area (Å²) in [4.78, 5) is 15.7. The van der Waals surface area contributed by atoms with E-state index in [0.717, 1.165) is 35.6 Å². The number of anilines is 1. The Morgan fingerprint density at radius 3 is 2.42 bits per heavy atom. The fraction of sp³-hybridized carbons (Fsp3) is 0.421. The van der Waals surface area contributed by atoms with Gasteiger partial charge < -0.3 is 10.5 Å². The minimum Gasteiger partial charge on any atom is -0.465 e. The zero-order valence-electron chi connectivity index (χ0n) is 15.1. The van der Waals surface area contributed by atoms with Gasteiger partial charge in [0.05, 0.1) is 7.11 Å². The molecule has 2 aromatic rings. The number of esters is 1. The molecule has 5 heteroatoms. The predicted molar refractivity (Wildman–Crippen MR) is 102 cm³/mol. The maximum atomic E-state index is 12.3. The van der Waals surface area contributed by atoms with Crippen LogP contribution < -0.4 is 5.73 Å². The fourth-order valence-electron chi connectivity index (χ4n) is 2.77. The summed E-state index contributed by atoms with van der Waals surface area (Å²) in [5.41, 5.74) is 11.0. The van der Waals surface area contributed by atoms with Crippen molar-refractivity contribution in [2.24, 2.45) is 0 Å². The maximum Gasteiger partial charge on any atom is 0.341 e. The molecule has 2 rings (SSSR count). The van der Waals surface area contributed by atoms with Crippen molar-refractivity contribution in [3.63, 3.8) is 0 Å². The number of nitrogens with two attached hydrogens (primary N) is 1. The van der Waals surface area contributed by atoms with Crippen LogP contribution in [0.1, 0.15) is 40.2 Å². The van der Waals surface area contributed by atoms with Gasteiger partial charge in [-0.25, -0.2) is 4.79 Å². The molecule has 0 saturated carbocycles. The second-order valence-corrected chi connectivity index (χ2v) is 7.03. The van der Waals surface area contributed by atoms with Gasteiger partial charge in [0.15, 0.2) is 0 Å². The number of aryl methyl sites for hydroxylation is 2. The quantitative estimate of drug-likeness (QED) is 0.795. The number of nitrogens with zero attached hydrogens (tertiary/aromatic N) is 1. The van der Waals surface area contributed by atoms with Crippen LogP contribution in [0.4, 0.5) is 5.00 Å². The van der Waals surface area contributed by atoms with Gasteiger partial charge in [0.25, 0.3) is 0 Å². The van der Waals surface area contributed by atoms with Crippen molar-refractivity contribution in [2.45, 2.75) is 34.2 Å². The minimum absolute atomic E-state index is 0.372. The first-order chi connectivity index (χ1) is 11.4. The van der Waals surface area contributed by atoms with Crippen molar-refractivity contribution in [1.82, 2.24) is 4.90 Å². The van der Waals surface area contributed by atoms with E-state index >= 15 is 0 Å². The van der Waals surface area contributed by atoms with Gasteiger partial charge in [-0.15, -0.1) is 11.3 Å².